The summed E-state index contributed by atoms with van der Waals surface area (Å²) in [6.45, 7) is 16.0. The van der Waals surface area contributed by atoms with E-state index in [1.165, 1.54) is 6.66 Å². The van der Waals surface area contributed by atoms with Crippen LogP contribution in [0, 0.1) is 5.92 Å². The molecular formula is C14H32O5P2. The molecule has 0 radical (unpaired) electrons. The first-order chi connectivity index (χ1) is 9.31. The molecule has 0 rings (SSSR count). The van der Waals surface area contributed by atoms with E-state index in [4.69, 9.17) is 13.6 Å². The van der Waals surface area contributed by atoms with E-state index in [1.807, 2.05) is 27.7 Å². The Morgan fingerprint density at radius 3 is 1.24 bits per heavy atom. The topological polar surface area (TPSA) is 61.8 Å². The van der Waals surface area contributed by atoms with Crippen LogP contribution in [0.5, 0.6) is 0 Å². The molecule has 0 aliphatic carbocycles. The second kappa shape index (κ2) is 8.26. The molecule has 2 unspecified atom stereocenters. The highest BCUT2D eigenvalue weighted by molar-refractivity contribution is 7.74. The van der Waals surface area contributed by atoms with Crippen molar-refractivity contribution in [3.8, 4) is 0 Å². The first kappa shape index (κ1) is 21.3. The SMILES string of the molecule is CC(C)OP(C)(=O)C(C(C)C)P(=O)(OC(C)C)OC(C)C. The zero-order valence-electron chi connectivity index (χ0n) is 14.8. The fourth-order valence-electron chi connectivity index (χ4n) is 2.38. The lowest BCUT2D eigenvalue weighted by atomic mass is 10.3. The molecule has 0 aromatic carbocycles. The van der Waals surface area contributed by atoms with Crippen LogP contribution in [0.25, 0.3) is 0 Å². The van der Waals surface area contributed by atoms with Crippen LogP contribution in [-0.4, -0.2) is 30.4 Å². The van der Waals surface area contributed by atoms with Crippen LogP contribution >= 0.6 is 15.0 Å². The Morgan fingerprint density at radius 2 is 1.00 bits per heavy atom. The minimum atomic E-state index is -3.56. The number of hydrogen-bond donors (Lipinski definition) is 0. The molecule has 0 spiro atoms. The van der Waals surface area contributed by atoms with Gasteiger partial charge in [0.2, 0.25) is 7.37 Å². The average Bonchev–Trinajstić information content (AvgIpc) is 2.08. The van der Waals surface area contributed by atoms with Crippen molar-refractivity contribution in [3.05, 3.63) is 0 Å². The molecule has 0 aliphatic rings. The van der Waals surface area contributed by atoms with Crippen LogP contribution in [0.15, 0.2) is 0 Å². The van der Waals surface area contributed by atoms with Crippen molar-refractivity contribution < 1.29 is 22.7 Å². The van der Waals surface area contributed by atoms with Gasteiger partial charge in [0.1, 0.15) is 5.40 Å². The van der Waals surface area contributed by atoms with Crippen molar-refractivity contribution in [1.82, 2.24) is 0 Å². The second-order valence-electron chi connectivity index (χ2n) is 6.57. The minimum absolute atomic E-state index is 0.150. The van der Waals surface area contributed by atoms with Gasteiger partial charge in [-0.2, -0.15) is 0 Å². The lowest BCUT2D eigenvalue weighted by molar-refractivity contribution is 0.136. The van der Waals surface area contributed by atoms with Crippen LogP contribution in [-0.2, 0) is 22.7 Å². The van der Waals surface area contributed by atoms with Crippen LogP contribution < -0.4 is 0 Å². The molecule has 21 heavy (non-hydrogen) atoms. The van der Waals surface area contributed by atoms with Gasteiger partial charge in [-0.3, -0.25) is 9.13 Å². The maximum atomic E-state index is 13.3. The Kier molecular flexibility index (Phi) is 8.40. The summed E-state index contributed by atoms with van der Waals surface area (Å²) in [6, 6.07) is 0. The van der Waals surface area contributed by atoms with Gasteiger partial charge in [0.05, 0.1) is 18.3 Å². The van der Waals surface area contributed by atoms with E-state index in [0.717, 1.165) is 0 Å². The molecule has 5 nitrogen and oxygen atoms in total. The van der Waals surface area contributed by atoms with Crippen molar-refractivity contribution >= 4 is 15.0 Å². The average molecular weight is 342 g/mol. The molecule has 7 heteroatoms. The van der Waals surface area contributed by atoms with Gasteiger partial charge in [0.25, 0.3) is 0 Å². The van der Waals surface area contributed by atoms with Crippen LogP contribution in [0.2, 0.25) is 0 Å². The Bertz CT molecular complexity index is 390. The van der Waals surface area contributed by atoms with Gasteiger partial charge in [-0.1, -0.05) is 13.8 Å². The third kappa shape index (κ3) is 6.97. The van der Waals surface area contributed by atoms with E-state index in [-0.39, 0.29) is 24.2 Å². The lowest BCUT2D eigenvalue weighted by Gasteiger charge is -2.35. The van der Waals surface area contributed by atoms with Crippen molar-refractivity contribution in [1.29, 1.82) is 0 Å². The highest BCUT2D eigenvalue weighted by atomic mass is 31.2. The van der Waals surface area contributed by atoms with Crippen molar-refractivity contribution in [2.75, 3.05) is 6.66 Å². The largest absolute Gasteiger partial charge is 0.344 e. The molecule has 0 aromatic heterocycles. The van der Waals surface area contributed by atoms with Crippen molar-refractivity contribution in [2.24, 2.45) is 5.92 Å². The molecule has 0 heterocycles. The summed E-state index contributed by atoms with van der Waals surface area (Å²) in [5, 5.41) is -0.766. The van der Waals surface area contributed by atoms with E-state index in [0.29, 0.717) is 0 Å². The lowest BCUT2D eigenvalue weighted by Crippen LogP contribution is -2.24. The predicted molar refractivity (Wildman–Crippen MR) is 88.4 cm³/mol. The van der Waals surface area contributed by atoms with Crippen LogP contribution in [0.1, 0.15) is 55.4 Å². The van der Waals surface area contributed by atoms with Gasteiger partial charge in [-0.25, -0.2) is 0 Å². The molecule has 2 atom stereocenters. The summed E-state index contributed by atoms with van der Waals surface area (Å²) in [6.07, 6.45) is -0.779. The smallest absolute Gasteiger partial charge is 0.325 e. The highest BCUT2D eigenvalue weighted by Crippen LogP contribution is 2.71. The summed E-state index contributed by atoms with van der Waals surface area (Å²) in [5.41, 5.74) is 0. The van der Waals surface area contributed by atoms with E-state index in [1.54, 1.807) is 27.7 Å². The fraction of sp³-hybridized carbons (Fsp3) is 1.00. The molecule has 0 saturated carbocycles. The Morgan fingerprint density at radius 1 is 0.667 bits per heavy atom. The molecule has 0 saturated heterocycles. The molecule has 0 aromatic rings. The normalized spacial score (nSPS) is 17.8. The summed E-state index contributed by atoms with van der Waals surface area (Å²) < 4.78 is 43.2. The summed E-state index contributed by atoms with van der Waals surface area (Å²) in [7, 11) is -6.73. The Hall–Kier alpha value is 0.340. The van der Waals surface area contributed by atoms with E-state index >= 15 is 0 Å². The van der Waals surface area contributed by atoms with Gasteiger partial charge in [-0.05, 0) is 47.5 Å². The summed E-state index contributed by atoms with van der Waals surface area (Å²) in [4.78, 5) is 0. The fourth-order valence-corrected chi connectivity index (χ4v) is 9.18. The second-order valence-corrected chi connectivity index (χ2v) is 11.6. The molecule has 0 amide bonds. The first-order valence-corrected chi connectivity index (χ1v) is 11.3. The zero-order valence-corrected chi connectivity index (χ0v) is 16.6. The van der Waals surface area contributed by atoms with Crippen LogP contribution in [0.4, 0.5) is 0 Å². The van der Waals surface area contributed by atoms with Gasteiger partial charge in [-0.15, -0.1) is 0 Å². The first-order valence-electron chi connectivity index (χ1n) is 7.54. The van der Waals surface area contributed by atoms with Gasteiger partial charge >= 0.3 is 7.60 Å². The number of hydrogen-bond acceptors (Lipinski definition) is 5. The monoisotopic (exact) mass is 342 g/mol. The molecule has 128 valence electrons. The molecule has 0 bridgehead atoms. The van der Waals surface area contributed by atoms with E-state index in [9.17, 15) is 9.13 Å². The maximum absolute atomic E-state index is 13.3. The Balaban J connectivity index is 5.74. The predicted octanol–water partition coefficient (Wildman–Crippen LogP) is 5.34. The summed E-state index contributed by atoms with van der Waals surface area (Å²) >= 11 is 0. The highest BCUT2D eigenvalue weighted by Gasteiger charge is 2.50. The third-order valence-corrected chi connectivity index (χ3v) is 9.72. The Labute approximate surface area is 130 Å². The van der Waals surface area contributed by atoms with Gasteiger partial charge in [0, 0.05) is 6.66 Å². The standard InChI is InChI=1S/C14H32O5P2/c1-10(2)14(20(9,15)17-11(3)4)21(16,18-12(5)6)19-13(7)8/h10-14H,1-9H3. The number of rotatable bonds is 9. The molecular weight excluding hydrogens is 310 g/mol. The van der Waals surface area contributed by atoms with E-state index in [2.05, 4.69) is 0 Å². The van der Waals surface area contributed by atoms with Crippen molar-refractivity contribution in [3.63, 3.8) is 0 Å². The maximum Gasteiger partial charge on any atom is 0.344 e. The van der Waals surface area contributed by atoms with Gasteiger partial charge in [0.15, 0.2) is 0 Å². The molecule has 0 fully saturated rings. The third-order valence-electron chi connectivity index (χ3n) is 2.54. The minimum Gasteiger partial charge on any atom is -0.325 e. The molecule has 0 aliphatic heterocycles. The van der Waals surface area contributed by atoms with E-state index < -0.39 is 20.4 Å². The van der Waals surface area contributed by atoms with Crippen LogP contribution in [0.3, 0.4) is 0 Å². The quantitative estimate of drug-likeness (QED) is 0.529. The molecule has 0 N–H and O–H groups in total. The van der Waals surface area contributed by atoms with Crippen molar-refractivity contribution in [2.45, 2.75) is 79.1 Å². The zero-order chi connectivity index (χ0) is 17.0. The van der Waals surface area contributed by atoms with Gasteiger partial charge < -0.3 is 13.6 Å². The summed E-state index contributed by atoms with van der Waals surface area (Å²) in [5.74, 6) is -0.150.